The van der Waals surface area contributed by atoms with E-state index in [0.717, 1.165) is 29.2 Å². The molecule has 0 heterocycles. The molecule has 0 radical (unpaired) electrons. The topological polar surface area (TPSA) is 21.3 Å². The summed E-state index contributed by atoms with van der Waals surface area (Å²) >= 11 is 0. The number of methoxy groups -OCH3 is 1. The molecule has 0 aromatic heterocycles. The highest BCUT2D eigenvalue weighted by molar-refractivity contribution is 5.33. The predicted molar refractivity (Wildman–Crippen MR) is 76.1 cm³/mol. The van der Waals surface area contributed by atoms with Crippen molar-refractivity contribution >= 4 is 0 Å². The molecule has 1 aromatic carbocycles. The van der Waals surface area contributed by atoms with Crippen LogP contribution in [0.15, 0.2) is 18.2 Å². The first-order valence-corrected chi connectivity index (χ1v) is 7.75. The van der Waals surface area contributed by atoms with Crippen LogP contribution in [-0.4, -0.2) is 14.2 Å². The summed E-state index contributed by atoms with van der Waals surface area (Å²) in [6, 6.07) is 5.44. The fraction of sp³-hybridized carbons (Fsp3) is 0.647. The number of ether oxygens (including phenoxy) is 1. The van der Waals surface area contributed by atoms with Gasteiger partial charge in [0.1, 0.15) is 11.6 Å². The minimum absolute atomic E-state index is 0.138. The van der Waals surface area contributed by atoms with Gasteiger partial charge in [-0.3, -0.25) is 0 Å². The van der Waals surface area contributed by atoms with E-state index in [-0.39, 0.29) is 11.9 Å². The summed E-state index contributed by atoms with van der Waals surface area (Å²) in [6.45, 7) is 0. The summed E-state index contributed by atoms with van der Waals surface area (Å²) in [5.41, 5.74) is 0.812. The maximum absolute atomic E-state index is 14.3. The van der Waals surface area contributed by atoms with Gasteiger partial charge in [-0.15, -0.1) is 0 Å². The molecule has 3 aliphatic carbocycles. The lowest BCUT2D eigenvalue weighted by Crippen LogP contribution is -2.23. The summed E-state index contributed by atoms with van der Waals surface area (Å²) in [5.74, 6) is 4.66. The molecule has 2 nitrogen and oxygen atoms in total. The van der Waals surface area contributed by atoms with Gasteiger partial charge in [-0.25, -0.2) is 4.39 Å². The third-order valence-electron chi connectivity index (χ3n) is 6.03. The molecule has 2 bridgehead atoms. The molecule has 0 amide bonds. The molecule has 1 N–H and O–H groups in total. The molecular formula is C17H22FNO. The Morgan fingerprint density at radius 2 is 1.95 bits per heavy atom. The van der Waals surface area contributed by atoms with Crippen LogP contribution in [0.25, 0.3) is 0 Å². The molecule has 20 heavy (non-hydrogen) atoms. The van der Waals surface area contributed by atoms with Gasteiger partial charge in [0.2, 0.25) is 0 Å². The number of halogens is 1. The molecule has 108 valence electrons. The molecule has 1 aromatic rings. The highest BCUT2D eigenvalue weighted by Crippen LogP contribution is 2.72. The lowest BCUT2D eigenvalue weighted by molar-refractivity contribution is 0.374. The Labute approximate surface area is 119 Å². The summed E-state index contributed by atoms with van der Waals surface area (Å²) < 4.78 is 19.4. The van der Waals surface area contributed by atoms with Gasteiger partial charge in [0.15, 0.2) is 0 Å². The Morgan fingerprint density at radius 1 is 1.25 bits per heavy atom. The third-order valence-corrected chi connectivity index (χ3v) is 6.03. The maximum atomic E-state index is 14.3. The Kier molecular flexibility index (Phi) is 2.81. The number of nitrogens with one attached hydrogen (secondary N) is 1. The Morgan fingerprint density at radius 3 is 2.50 bits per heavy atom. The average Bonchev–Trinajstić information content (AvgIpc) is 2.88. The second-order valence-corrected chi connectivity index (χ2v) is 6.72. The van der Waals surface area contributed by atoms with Gasteiger partial charge < -0.3 is 10.1 Å². The summed E-state index contributed by atoms with van der Waals surface area (Å²) in [4.78, 5) is 0. The number of hydrogen-bond acceptors (Lipinski definition) is 2. The van der Waals surface area contributed by atoms with Crippen LogP contribution in [0, 0.1) is 35.4 Å². The summed E-state index contributed by atoms with van der Waals surface area (Å²) in [5, 5.41) is 3.38. The van der Waals surface area contributed by atoms with Crippen molar-refractivity contribution in [3.63, 3.8) is 0 Å². The van der Waals surface area contributed by atoms with Crippen molar-refractivity contribution in [1.29, 1.82) is 0 Å². The monoisotopic (exact) mass is 275 g/mol. The first-order valence-electron chi connectivity index (χ1n) is 7.75. The molecule has 0 aliphatic heterocycles. The van der Waals surface area contributed by atoms with E-state index >= 15 is 0 Å². The first kappa shape index (κ1) is 12.6. The van der Waals surface area contributed by atoms with E-state index < -0.39 is 0 Å². The van der Waals surface area contributed by atoms with Gasteiger partial charge in [-0.1, -0.05) is 6.07 Å². The zero-order valence-electron chi connectivity index (χ0n) is 12.1. The lowest BCUT2D eigenvalue weighted by atomic mass is 9.92. The fourth-order valence-corrected chi connectivity index (χ4v) is 5.28. The number of hydrogen-bond donors (Lipinski definition) is 1. The van der Waals surface area contributed by atoms with Gasteiger partial charge in [0, 0.05) is 17.7 Å². The van der Waals surface area contributed by atoms with Crippen molar-refractivity contribution in [3.8, 4) is 5.75 Å². The quantitative estimate of drug-likeness (QED) is 0.909. The normalized spacial score (nSPS) is 38.6. The zero-order chi connectivity index (χ0) is 13.9. The molecule has 3 saturated carbocycles. The van der Waals surface area contributed by atoms with Crippen LogP contribution >= 0.6 is 0 Å². The van der Waals surface area contributed by atoms with E-state index in [2.05, 4.69) is 5.32 Å². The van der Waals surface area contributed by atoms with E-state index in [4.69, 9.17) is 4.74 Å². The van der Waals surface area contributed by atoms with Crippen LogP contribution in [0.3, 0.4) is 0 Å². The van der Waals surface area contributed by atoms with Gasteiger partial charge in [-0.2, -0.15) is 0 Å². The maximum Gasteiger partial charge on any atom is 0.131 e. The standard InChI is InChI=1S/C17H22FNO/c1-19-17(12-6-5-11(20-2)8-13(12)18)16-14-9-3-4-10(7-9)15(14)16/h5-6,8-10,14-17,19H,3-4,7H2,1-2H3. The molecule has 3 aliphatic rings. The van der Waals surface area contributed by atoms with E-state index in [9.17, 15) is 4.39 Å². The minimum Gasteiger partial charge on any atom is -0.497 e. The van der Waals surface area contributed by atoms with E-state index in [1.165, 1.54) is 25.3 Å². The van der Waals surface area contributed by atoms with Crippen LogP contribution in [0.5, 0.6) is 5.75 Å². The van der Waals surface area contributed by atoms with Gasteiger partial charge >= 0.3 is 0 Å². The Balaban J connectivity index is 1.60. The summed E-state index contributed by atoms with van der Waals surface area (Å²) in [6.07, 6.45) is 4.25. The van der Waals surface area contributed by atoms with Crippen molar-refractivity contribution in [1.82, 2.24) is 5.32 Å². The van der Waals surface area contributed by atoms with Gasteiger partial charge in [0.05, 0.1) is 7.11 Å². The molecule has 0 saturated heterocycles. The fourth-order valence-electron chi connectivity index (χ4n) is 5.28. The lowest BCUT2D eigenvalue weighted by Gasteiger charge is -2.21. The highest BCUT2D eigenvalue weighted by atomic mass is 19.1. The van der Waals surface area contributed by atoms with Crippen LogP contribution < -0.4 is 10.1 Å². The molecule has 0 spiro atoms. The SMILES string of the molecule is CNC(c1ccc(OC)cc1F)C1C2C3CCC(C3)C21. The predicted octanol–water partition coefficient (Wildman–Crippen LogP) is 3.39. The smallest absolute Gasteiger partial charge is 0.131 e. The zero-order valence-corrected chi connectivity index (χ0v) is 12.1. The van der Waals surface area contributed by atoms with Crippen molar-refractivity contribution in [2.75, 3.05) is 14.2 Å². The Bertz CT molecular complexity index is 516. The van der Waals surface area contributed by atoms with Crippen LogP contribution in [0.2, 0.25) is 0 Å². The van der Waals surface area contributed by atoms with Crippen molar-refractivity contribution in [2.24, 2.45) is 29.6 Å². The van der Waals surface area contributed by atoms with Gasteiger partial charge in [-0.05, 0) is 62.0 Å². The average molecular weight is 275 g/mol. The molecule has 3 heteroatoms. The van der Waals surface area contributed by atoms with Gasteiger partial charge in [0.25, 0.3) is 0 Å². The summed E-state index contributed by atoms with van der Waals surface area (Å²) in [7, 11) is 3.54. The van der Waals surface area contributed by atoms with E-state index in [1.807, 2.05) is 19.2 Å². The third kappa shape index (κ3) is 1.65. The van der Waals surface area contributed by atoms with Crippen LogP contribution in [0.4, 0.5) is 4.39 Å². The minimum atomic E-state index is -0.138. The second-order valence-electron chi connectivity index (χ2n) is 6.72. The molecular weight excluding hydrogens is 253 g/mol. The molecule has 5 unspecified atom stereocenters. The van der Waals surface area contributed by atoms with Crippen molar-refractivity contribution in [3.05, 3.63) is 29.6 Å². The first-order chi connectivity index (χ1) is 9.74. The molecule has 3 fully saturated rings. The number of benzene rings is 1. The number of rotatable bonds is 4. The Hall–Kier alpha value is -1.09. The second kappa shape index (κ2) is 4.45. The van der Waals surface area contributed by atoms with Crippen LogP contribution in [0.1, 0.15) is 30.9 Å². The van der Waals surface area contributed by atoms with E-state index in [1.54, 1.807) is 7.11 Å². The molecule has 4 rings (SSSR count). The van der Waals surface area contributed by atoms with Crippen LogP contribution in [-0.2, 0) is 0 Å². The number of fused-ring (bicyclic) bond motifs is 5. The highest BCUT2D eigenvalue weighted by Gasteiger charge is 2.66. The molecule has 5 atom stereocenters. The van der Waals surface area contributed by atoms with Crippen molar-refractivity contribution in [2.45, 2.75) is 25.3 Å². The van der Waals surface area contributed by atoms with Crippen molar-refractivity contribution < 1.29 is 9.13 Å². The largest absolute Gasteiger partial charge is 0.497 e. The van der Waals surface area contributed by atoms with E-state index in [0.29, 0.717) is 11.7 Å².